The van der Waals surface area contributed by atoms with Crippen LogP contribution < -0.4 is 5.73 Å². The van der Waals surface area contributed by atoms with Gasteiger partial charge in [0.2, 0.25) is 0 Å². The van der Waals surface area contributed by atoms with E-state index in [1.807, 2.05) is 47.1 Å². The van der Waals surface area contributed by atoms with Gasteiger partial charge in [0.25, 0.3) is 5.91 Å². The molecule has 0 radical (unpaired) electrons. The van der Waals surface area contributed by atoms with Gasteiger partial charge in [-0.2, -0.15) is 0 Å². The molecule has 1 amide bonds. The Morgan fingerprint density at radius 3 is 2.62 bits per heavy atom. The van der Waals surface area contributed by atoms with Gasteiger partial charge in [0, 0.05) is 31.7 Å². The van der Waals surface area contributed by atoms with Crippen molar-refractivity contribution in [3.8, 4) is 11.1 Å². The van der Waals surface area contributed by atoms with Crippen molar-refractivity contribution in [2.24, 2.45) is 12.8 Å². The van der Waals surface area contributed by atoms with E-state index in [1.165, 1.54) is 0 Å². The van der Waals surface area contributed by atoms with E-state index in [9.17, 15) is 4.79 Å². The lowest BCUT2D eigenvalue weighted by Gasteiger charge is -2.16. The van der Waals surface area contributed by atoms with E-state index in [2.05, 4.69) is 23.2 Å². The number of imidazole rings is 1. The molecule has 3 aromatic rings. The summed E-state index contributed by atoms with van der Waals surface area (Å²) >= 11 is 0. The van der Waals surface area contributed by atoms with E-state index in [4.69, 9.17) is 5.73 Å². The topological polar surface area (TPSA) is 64.2 Å². The molecular formula is C19H20N4O. The summed E-state index contributed by atoms with van der Waals surface area (Å²) in [5, 5.41) is 0. The molecule has 5 nitrogen and oxygen atoms in total. The maximum Gasteiger partial charge on any atom is 0.253 e. The Balaban J connectivity index is 1.59. The largest absolute Gasteiger partial charge is 0.337 e. The van der Waals surface area contributed by atoms with Crippen LogP contribution in [-0.2, 0) is 7.05 Å². The van der Waals surface area contributed by atoms with Crippen molar-refractivity contribution in [3.63, 3.8) is 0 Å². The minimum Gasteiger partial charge on any atom is -0.337 e. The first-order valence-corrected chi connectivity index (χ1v) is 8.18. The van der Waals surface area contributed by atoms with Crippen molar-refractivity contribution < 1.29 is 4.79 Å². The van der Waals surface area contributed by atoms with Gasteiger partial charge in [-0.15, -0.1) is 0 Å². The molecule has 5 heteroatoms. The Hall–Kier alpha value is -2.66. The number of aryl methyl sites for hydroxylation is 1. The number of hydrogen-bond donors (Lipinski definition) is 1. The summed E-state index contributed by atoms with van der Waals surface area (Å²) in [6.45, 7) is 1.40. The van der Waals surface area contributed by atoms with Crippen LogP contribution in [0, 0.1) is 0 Å². The van der Waals surface area contributed by atoms with Crippen molar-refractivity contribution in [2.45, 2.75) is 12.5 Å². The van der Waals surface area contributed by atoms with Crippen molar-refractivity contribution in [3.05, 3.63) is 54.4 Å². The molecule has 2 N–H and O–H groups in total. The van der Waals surface area contributed by atoms with Gasteiger partial charge >= 0.3 is 0 Å². The standard InChI is InChI=1S/C19H20N4O/c1-22-12-21-17-10-15(6-7-18(17)22)13-2-4-14(5-3-13)19(24)23-9-8-16(20)11-23/h2-7,10,12,16H,8-9,11,20H2,1H3/t16-/m0/s1. The zero-order chi connectivity index (χ0) is 16.7. The highest BCUT2D eigenvalue weighted by atomic mass is 16.2. The second kappa shape index (κ2) is 5.76. The monoisotopic (exact) mass is 320 g/mol. The fourth-order valence-electron chi connectivity index (χ4n) is 3.28. The molecule has 1 aromatic heterocycles. The smallest absolute Gasteiger partial charge is 0.253 e. The van der Waals surface area contributed by atoms with E-state index in [1.54, 1.807) is 0 Å². The van der Waals surface area contributed by atoms with Crippen molar-refractivity contribution in [2.75, 3.05) is 13.1 Å². The van der Waals surface area contributed by atoms with Crippen LogP contribution in [0.3, 0.4) is 0 Å². The molecule has 1 aliphatic rings. The summed E-state index contributed by atoms with van der Waals surface area (Å²) in [6.07, 6.45) is 2.70. The van der Waals surface area contributed by atoms with Gasteiger partial charge in [-0.3, -0.25) is 4.79 Å². The Kier molecular flexibility index (Phi) is 3.58. The molecule has 4 rings (SSSR count). The molecule has 24 heavy (non-hydrogen) atoms. The highest BCUT2D eigenvalue weighted by Gasteiger charge is 2.24. The van der Waals surface area contributed by atoms with Gasteiger partial charge in [-0.25, -0.2) is 4.98 Å². The summed E-state index contributed by atoms with van der Waals surface area (Å²) in [7, 11) is 1.99. The fraction of sp³-hybridized carbons (Fsp3) is 0.263. The van der Waals surface area contributed by atoms with E-state index in [0.29, 0.717) is 12.1 Å². The van der Waals surface area contributed by atoms with E-state index in [0.717, 1.165) is 35.1 Å². The maximum absolute atomic E-state index is 12.5. The number of hydrogen-bond acceptors (Lipinski definition) is 3. The molecule has 2 heterocycles. The van der Waals surface area contributed by atoms with Crippen LogP contribution in [0.25, 0.3) is 22.2 Å². The normalized spacial score (nSPS) is 17.6. The molecule has 0 aliphatic carbocycles. The number of amides is 1. The van der Waals surface area contributed by atoms with Crippen molar-refractivity contribution in [1.82, 2.24) is 14.5 Å². The van der Waals surface area contributed by atoms with Gasteiger partial charge in [-0.1, -0.05) is 18.2 Å². The van der Waals surface area contributed by atoms with Crippen LogP contribution in [0.1, 0.15) is 16.8 Å². The van der Waals surface area contributed by atoms with Crippen LogP contribution in [0.4, 0.5) is 0 Å². The average Bonchev–Trinajstić information content (AvgIpc) is 3.20. The van der Waals surface area contributed by atoms with Crippen LogP contribution >= 0.6 is 0 Å². The van der Waals surface area contributed by atoms with Gasteiger partial charge in [-0.05, 0) is 41.8 Å². The first-order valence-electron chi connectivity index (χ1n) is 8.18. The third-order valence-corrected chi connectivity index (χ3v) is 4.70. The first kappa shape index (κ1) is 14.9. The summed E-state index contributed by atoms with van der Waals surface area (Å²) in [5.41, 5.74) is 10.9. The molecule has 1 aliphatic heterocycles. The third-order valence-electron chi connectivity index (χ3n) is 4.70. The summed E-state index contributed by atoms with van der Waals surface area (Å²) in [6, 6.07) is 14.1. The van der Waals surface area contributed by atoms with Gasteiger partial charge < -0.3 is 15.2 Å². The van der Waals surface area contributed by atoms with Crippen LogP contribution in [0.2, 0.25) is 0 Å². The van der Waals surface area contributed by atoms with E-state index >= 15 is 0 Å². The minimum atomic E-state index is 0.0645. The Morgan fingerprint density at radius 1 is 1.17 bits per heavy atom. The maximum atomic E-state index is 12.5. The van der Waals surface area contributed by atoms with E-state index < -0.39 is 0 Å². The zero-order valence-electron chi connectivity index (χ0n) is 13.6. The molecule has 0 spiro atoms. The second-order valence-electron chi connectivity index (χ2n) is 6.44. The predicted molar refractivity (Wildman–Crippen MR) is 94.6 cm³/mol. The summed E-state index contributed by atoms with van der Waals surface area (Å²) in [5.74, 6) is 0.0645. The minimum absolute atomic E-state index is 0.0645. The van der Waals surface area contributed by atoms with Gasteiger partial charge in [0.15, 0.2) is 0 Å². The van der Waals surface area contributed by atoms with Crippen LogP contribution in [-0.4, -0.2) is 39.5 Å². The first-order chi connectivity index (χ1) is 11.6. The lowest BCUT2D eigenvalue weighted by molar-refractivity contribution is 0.0791. The molecule has 1 atom stereocenters. The summed E-state index contributed by atoms with van der Waals surface area (Å²) in [4.78, 5) is 18.7. The lowest BCUT2D eigenvalue weighted by Crippen LogP contribution is -2.31. The Bertz CT molecular complexity index is 897. The molecule has 2 aromatic carbocycles. The number of benzene rings is 2. The number of nitrogens with two attached hydrogens (primary N) is 1. The third kappa shape index (κ3) is 2.57. The average molecular weight is 320 g/mol. The number of carbonyl (C=O) groups excluding carboxylic acids is 1. The number of fused-ring (bicyclic) bond motifs is 1. The van der Waals surface area contributed by atoms with E-state index in [-0.39, 0.29) is 11.9 Å². The van der Waals surface area contributed by atoms with Crippen LogP contribution in [0.15, 0.2) is 48.8 Å². The highest BCUT2D eigenvalue weighted by molar-refractivity contribution is 5.95. The quantitative estimate of drug-likeness (QED) is 0.788. The molecule has 0 saturated carbocycles. The van der Waals surface area contributed by atoms with Crippen molar-refractivity contribution >= 4 is 16.9 Å². The molecule has 0 bridgehead atoms. The van der Waals surface area contributed by atoms with Crippen LogP contribution in [0.5, 0.6) is 0 Å². The molecule has 122 valence electrons. The van der Waals surface area contributed by atoms with Crippen molar-refractivity contribution in [1.29, 1.82) is 0 Å². The number of likely N-dealkylation sites (tertiary alicyclic amines) is 1. The SMILES string of the molecule is Cn1cnc2cc(-c3ccc(C(=O)N4CC[C@H](N)C4)cc3)ccc21. The van der Waals surface area contributed by atoms with Gasteiger partial charge in [0.1, 0.15) is 0 Å². The number of rotatable bonds is 2. The zero-order valence-corrected chi connectivity index (χ0v) is 13.6. The Labute approximate surface area is 140 Å². The molecular weight excluding hydrogens is 300 g/mol. The molecule has 0 unspecified atom stereocenters. The predicted octanol–water partition coefficient (Wildman–Crippen LogP) is 2.41. The number of nitrogens with zero attached hydrogens (tertiary/aromatic N) is 3. The Morgan fingerprint density at radius 2 is 1.92 bits per heavy atom. The summed E-state index contributed by atoms with van der Waals surface area (Å²) < 4.78 is 2.00. The lowest BCUT2D eigenvalue weighted by atomic mass is 10.0. The number of carbonyl (C=O) groups is 1. The molecule has 1 saturated heterocycles. The number of aromatic nitrogens is 2. The van der Waals surface area contributed by atoms with Gasteiger partial charge in [0.05, 0.1) is 17.4 Å². The highest BCUT2D eigenvalue weighted by Crippen LogP contribution is 2.24. The fourth-order valence-corrected chi connectivity index (χ4v) is 3.28. The molecule has 1 fully saturated rings. The second-order valence-corrected chi connectivity index (χ2v) is 6.44.